The molecule has 2 N–H and O–H groups in total. The number of thiocarbonyl (C=S) groups is 1. The molecule has 2 atom stereocenters. The van der Waals surface area contributed by atoms with E-state index in [0.29, 0.717) is 23.3 Å². The average Bonchev–Trinajstić information content (AvgIpc) is 2.70. The monoisotopic (exact) mass is 266 g/mol. The Morgan fingerprint density at radius 2 is 2.22 bits per heavy atom. The van der Waals surface area contributed by atoms with Crippen molar-refractivity contribution in [3.63, 3.8) is 0 Å². The van der Waals surface area contributed by atoms with Crippen LogP contribution in [0.25, 0.3) is 0 Å². The molecule has 18 heavy (non-hydrogen) atoms. The van der Waals surface area contributed by atoms with Crippen molar-refractivity contribution in [1.29, 1.82) is 0 Å². The van der Waals surface area contributed by atoms with Gasteiger partial charge in [0, 0.05) is 17.6 Å². The molecule has 2 nitrogen and oxygen atoms in total. The second kappa shape index (κ2) is 5.22. The molecule has 1 aromatic rings. The van der Waals surface area contributed by atoms with Crippen LogP contribution in [0.5, 0.6) is 0 Å². The summed E-state index contributed by atoms with van der Waals surface area (Å²) in [7, 11) is 0. The number of rotatable bonds is 3. The van der Waals surface area contributed by atoms with Gasteiger partial charge in [0.25, 0.3) is 0 Å². The zero-order chi connectivity index (χ0) is 13.3. The normalized spacial score (nSPS) is 23.4. The fourth-order valence-electron chi connectivity index (χ4n) is 2.78. The first-order chi connectivity index (χ1) is 8.54. The van der Waals surface area contributed by atoms with Gasteiger partial charge in [0.1, 0.15) is 10.8 Å². The van der Waals surface area contributed by atoms with Crippen molar-refractivity contribution >= 4 is 22.9 Å². The second-order valence-corrected chi connectivity index (χ2v) is 5.37. The van der Waals surface area contributed by atoms with Crippen molar-refractivity contribution in [2.45, 2.75) is 45.2 Å². The molecule has 0 bridgehead atoms. The highest BCUT2D eigenvalue weighted by molar-refractivity contribution is 7.80. The second-order valence-electron chi connectivity index (χ2n) is 4.93. The number of hydrogen-bond donors (Lipinski definition) is 1. The molecular formula is C14H19FN2S. The van der Waals surface area contributed by atoms with E-state index in [1.807, 2.05) is 0 Å². The standard InChI is InChI=1S/C14H19FN2S/c1-3-11-6-4-9(2)17(11)13-7-5-10(14(16)18)8-12(13)15/h5,7-9,11H,3-4,6H2,1-2H3,(H2,16,18). The number of nitrogens with two attached hydrogens (primary N) is 1. The van der Waals surface area contributed by atoms with E-state index in [4.69, 9.17) is 18.0 Å². The van der Waals surface area contributed by atoms with Crippen molar-refractivity contribution in [2.75, 3.05) is 4.90 Å². The first-order valence-electron chi connectivity index (χ1n) is 6.42. The largest absolute Gasteiger partial charge is 0.389 e. The molecule has 2 unspecified atom stereocenters. The SMILES string of the molecule is CCC1CCC(C)N1c1ccc(C(N)=S)cc1F. The smallest absolute Gasteiger partial charge is 0.147 e. The lowest BCUT2D eigenvalue weighted by Gasteiger charge is -2.30. The minimum Gasteiger partial charge on any atom is -0.389 e. The molecule has 1 aromatic carbocycles. The van der Waals surface area contributed by atoms with Crippen molar-refractivity contribution in [3.8, 4) is 0 Å². The highest BCUT2D eigenvalue weighted by Gasteiger charge is 2.30. The van der Waals surface area contributed by atoms with Crippen molar-refractivity contribution in [3.05, 3.63) is 29.6 Å². The van der Waals surface area contributed by atoms with Gasteiger partial charge in [0.15, 0.2) is 0 Å². The summed E-state index contributed by atoms with van der Waals surface area (Å²) in [5.74, 6) is -0.229. The number of benzene rings is 1. The molecule has 4 heteroatoms. The van der Waals surface area contributed by atoms with Gasteiger partial charge in [-0.25, -0.2) is 4.39 Å². The maximum atomic E-state index is 14.2. The van der Waals surface area contributed by atoms with E-state index in [1.54, 1.807) is 12.1 Å². The van der Waals surface area contributed by atoms with Gasteiger partial charge in [0.05, 0.1) is 5.69 Å². The summed E-state index contributed by atoms with van der Waals surface area (Å²) < 4.78 is 14.2. The van der Waals surface area contributed by atoms with Gasteiger partial charge in [-0.05, 0) is 44.4 Å². The van der Waals surface area contributed by atoms with Crippen LogP contribution in [-0.4, -0.2) is 17.1 Å². The summed E-state index contributed by atoms with van der Waals surface area (Å²) in [5, 5.41) is 0. The molecule has 2 rings (SSSR count). The van der Waals surface area contributed by atoms with E-state index in [-0.39, 0.29) is 10.8 Å². The van der Waals surface area contributed by atoms with Crippen LogP contribution in [0.2, 0.25) is 0 Å². The third-order valence-corrected chi connectivity index (χ3v) is 4.00. The number of hydrogen-bond acceptors (Lipinski definition) is 2. The van der Waals surface area contributed by atoms with Crippen molar-refractivity contribution < 1.29 is 4.39 Å². The topological polar surface area (TPSA) is 29.3 Å². The molecule has 0 saturated carbocycles. The molecule has 0 radical (unpaired) electrons. The molecule has 0 aromatic heterocycles. The Bertz CT molecular complexity index is 461. The zero-order valence-electron chi connectivity index (χ0n) is 10.8. The molecule has 1 saturated heterocycles. The van der Waals surface area contributed by atoms with Crippen LogP contribution < -0.4 is 10.6 Å². The number of halogens is 1. The Morgan fingerprint density at radius 1 is 1.50 bits per heavy atom. The Labute approximate surface area is 113 Å². The highest BCUT2D eigenvalue weighted by Crippen LogP contribution is 2.33. The Hall–Kier alpha value is -1.16. The van der Waals surface area contributed by atoms with Gasteiger partial charge >= 0.3 is 0 Å². The predicted molar refractivity (Wildman–Crippen MR) is 77.5 cm³/mol. The van der Waals surface area contributed by atoms with Gasteiger partial charge in [-0.15, -0.1) is 0 Å². The molecule has 1 fully saturated rings. The van der Waals surface area contributed by atoms with Crippen LogP contribution in [0.15, 0.2) is 18.2 Å². The molecule has 1 aliphatic heterocycles. The lowest BCUT2D eigenvalue weighted by atomic mass is 10.1. The van der Waals surface area contributed by atoms with Crippen LogP contribution in [0.4, 0.5) is 10.1 Å². The zero-order valence-corrected chi connectivity index (χ0v) is 11.6. The van der Waals surface area contributed by atoms with E-state index in [9.17, 15) is 4.39 Å². The van der Waals surface area contributed by atoms with Gasteiger partial charge in [-0.2, -0.15) is 0 Å². The van der Waals surface area contributed by atoms with Crippen molar-refractivity contribution in [1.82, 2.24) is 0 Å². The molecule has 1 aliphatic rings. The highest BCUT2D eigenvalue weighted by atomic mass is 32.1. The van der Waals surface area contributed by atoms with E-state index in [2.05, 4.69) is 18.7 Å². The summed E-state index contributed by atoms with van der Waals surface area (Å²) in [6, 6.07) is 5.87. The third-order valence-electron chi connectivity index (χ3n) is 3.77. The predicted octanol–water partition coefficient (Wildman–Crippen LogP) is 3.23. The maximum Gasteiger partial charge on any atom is 0.147 e. The fourth-order valence-corrected chi connectivity index (χ4v) is 2.90. The lowest BCUT2D eigenvalue weighted by Crippen LogP contribution is -2.34. The Morgan fingerprint density at radius 3 is 2.78 bits per heavy atom. The molecule has 0 spiro atoms. The van der Waals surface area contributed by atoms with Crippen LogP contribution in [-0.2, 0) is 0 Å². The average molecular weight is 266 g/mol. The summed E-state index contributed by atoms with van der Waals surface area (Å²) in [4.78, 5) is 2.43. The maximum absolute atomic E-state index is 14.2. The van der Waals surface area contributed by atoms with Gasteiger partial charge in [0.2, 0.25) is 0 Å². The van der Waals surface area contributed by atoms with Crippen LogP contribution in [0.3, 0.4) is 0 Å². The van der Waals surface area contributed by atoms with Crippen molar-refractivity contribution in [2.24, 2.45) is 5.73 Å². The lowest BCUT2D eigenvalue weighted by molar-refractivity contribution is 0.582. The summed E-state index contributed by atoms with van der Waals surface area (Å²) in [5.41, 5.74) is 6.78. The number of anilines is 1. The van der Waals surface area contributed by atoms with Gasteiger partial charge in [-0.3, -0.25) is 0 Å². The molecule has 0 aliphatic carbocycles. The van der Waals surface area contributed by atoms with E-state index in [0.717, 1.165) is 19.3 Å². The summed E-state index contributed by atoms with van der Waals surface area (Å²) in [6.45, 7) is 4.30. The van der Waals surface area contributed by atoms with Crippen LogP contribution >= 0.6 is 12.2 Å². The number of nitrogens with zero attached hydrogens (tertiary/aromatic N) is 1. The summed E-state index contributed by atoms with van der Waals surface area (Å²) in [6.07, 6.45) is 3.30. The molecule has 0 amide bonds. The van der Waals surface area contributed by atoms with E-state index >= 15 is 0 Å². The third kappa shape index (κ3) is 2.34. The van der Waals surface area contributed by atoms with Gasteiger partial charge in [-0.1, -0.05) is 19.1 Å². The Kier molecular flexibility index (Phi) is 3.85. The molecular weight excluding hydrogens is 247 g/mol. The minimum absolute atomic E-state index is 0.229. The first-order valence-corrected chi connectivity index (χ1v) is 6.83. The Balaban J connectivity index is 2.35. The first kappa shape index (κ1) is 13.3. The van der Waals surface area contributed by atoms with E-state index in [1.165, 1.54) is 6.07 Å². The quantitative estimate of drug-likeness (QED) is 0.852. The van der Waals surface area contributed by atoms with Gasteiger partial charge < -0.3 is 10.6 Å². The van der Waals surface area contributed by atoms with E-state index < -0.39 is 0 Å². The van der Waals surface area contributed by atoms with Crippen LogP contribution in [0.1, 0.15) is 38.7 Å². The fraction of sp³-hybridized carbons (Fsp3) is 0.500. The minimum atomic E-state index is -0.229. The molecule has 98 valence electrons. The molecule has 1 heterocycles. The van der Waals surface area contributed by atoms with Crippen LogP contribution in [0, 0.1) is 5.82 Å². The summed E-state index contributed by atoms with van der Waals surface area (Å²) >= 11 is 4.87.